The number of rotatable bonds is 4. The van der Waals surface area contributed by atoms with Gasteiger partial charge in [-0.1, -0.05) is 0 Å². The van der Waals surface area contributed by atoms with Crippen LogP contribution in [0.1, 0.15) is 27.7 Å². The maximum atomic E-state index is 11.9. The second-order valence-corrected chi connectivity index (χ2v) is 6.00. The normalized spacial score (nSPS) is 13.3. The average molecular weight is 335 g/mol. The molecule has 1 aromatic heterocycles. The first-order chi connectivity index (χ1) is 10.4. The Labute approximate surface area is 131 Å². The first kappa shape index (κ1) is 18.8. The number of carbonyl (C=O) groups excluding carboxylic acids is 2. The van der Waals surface area contributed by atoms with Crippen LogP contribution >= 0.6 is 0 Å². The van der Waals surface area contributed by atoms with Gasteiger partial charge in [-0.15, -0.1) is 0 Å². The Kier molecular flexibility index (Phi) is 5.62. The first-order valence-corrected chi connectivity index (χ1v) is 6.85. The van der Waals surface area contributed by atoms with E-state index in [2.05, 4.69) is 10.4 Å². The molecule has 0 fully saturated rings. The van der Waals surface area contributed by atoms with Crippen molar-refractivity contribution in [3.8, 4) is 0 Å². The molecule has 0 aromatic carbocycles. The van der Waals surface area contributed by atoms with Crippen molar-refractivity contribution in [2.75, 3.05) is 11.9 Å². The van der Waals surface area contributed by atoms with Crippen LogP contribution in [-0.2, 0) is 10.3 Å². The molecule has 1 heterocycles. The van der Waals surface area contributed by atoms with E-state index < -0.39 is 30.7 Å². The van der Waals surface area contributed by atoms with Crippen molar-refractivity contribution in [2.24, 2.45) is 0 Å². The minimum atomic E-state index is -4.54. The number of urea groups is 1. The third kappa shape index (κ3) is 6.57. The van der Waals surface area contributed by atoms with Gasteiger partial charge in [0.05, 0.1) is 17.4 Å². The second kappa shape index (κ2) is 6.88. The van der Waals surface area contributed by atoms with Gasteiger partial charge in [-0.2, -0.15) is 18.3 Å². The Morgan fingerprint density at radius 3 is 2.39 bits per heavy atom. The zero-order valence-electron chi connectivity index (χ0n) is 13.3. The third-order valence-electron chi connectivity index (χ3n) is 2.73. The van der Waals surface area contributed by atoms with Crippen molar-refractivity contribution >= 4 is 17.6 Å². The number of amides is 3. The van der Waals surface area contributed by atoms with Crippen LogP contribution in [0.25, 0.3) is 0 Å². The molecule has 0 bridgehead atoms. The van der Waals surface area contributed by atoms with Crippen LogP contribution in [0.4, 0.5) is 23.7 Å². The minimum Gasteiger partial charge on any atom is -0.371 e. The highest BCUT2D eigenvalue weighted by atomic mass is 19.4. The summed E-state index contributed by atoms with van der Waals surface area (Å²) in [6.07, 6.45) is -1.34. The van der Waals surface area contributed by atoms with Gasteiger partial charge in [0.1, 0.15) is 12.6 Å². The Balaban J connectivity index is 2.51. The fraction of sp³-hybridized carbons (Fsp3) is 0.615. The van der Waals surface area contributed by atoms with Crippen molar-refractivity contribution in [3.05, 3.63) is 12.4 Å². The standard InChI is InChI=1S/C13H20F3N5O2/c1-8(10(22)20-11(23)17-7-13(14,15)16)19-9-5-18-21(6-9)12(2,3)4/h5-6,8,19H,7H2,1-4H3,(H2,17,20,22,23)/t8-/m0/s1. The van der Waals surface area contributed by atoms with Crippen LogP contribution in [0.2, 0.25) is 0 Å². The summed E-state index contributed by atoms with van der Waals surface area (Å²) in [6, 6.07) is -2.03. The second-order valence-electron chi connectivity index (χ2n) is 6.00. The number of imide groups is 1. The van der Waals surface area contributed by atoms with Crippen molar-refractivity contribution in [1.29, 1.82) is 0 Å². The van der Waals surface area contributed by atoms with Gasteiger partial charge >= 0.3 is 12.2 Å². The Hall–Kier alpha value is -2.26. The van der Waals surface area contributed by atoms with Gasteiger partial charge in [-0.05, 0) is 27.7 Å². The molecule has 1 rings (SSSR count). The summed E-state index contributed by atoms with van der Waals surface area (Å²) >= 11 is 0. The minimum absolute atomic E-state index is 0.233. The van der Waals surface area contributed by atoms with E-state index >= 15 is 0 Å². The number of nitrogens with zero attached hydrogens (tertiary/aromatic N) is 2. The molecule has 3 amide bonds. The summed E-state index contributed by atoms with van der Waals surface area (Å²) in [7, 11) is 0. The van der Waals surface area contributed by atoms with E-state index in [1.54, 1.807) is 16.2 Å². The summed E-state index contributed by atoms with van der Waals surface area (Å²) in [4.78, 5) is 22.9. The van der Waals surface area contributed by atoms with Gasteiger partial charge in [0.2, 0.25) is 5.91 Å². The molecule has 23 heavy (non-hydrogen) atoms. The van der Waals surface area contributed by atoms with Crippen LogP contribution in [0.15, 0.2) is 12.4 Å². The molecule has 10 heteroatoms. The zero-order chi connectivity index (χ0) is 17.8. The molecule has 0 saturated heterocycles. The van der Waals surface area contributed by atoms with E-state index in [4.69, 9.17) is 0 Å². The Morgan fingerprint density at radius 1 is 1.30 bits per heavy atom. The smallest absolute Gasteiger partial charge is 0.371 e. The predicted octanol–water partition coefficient (Wildman–Crippen LogP) is 1.83. The summed E-state index contributed by atoms with van der Waals surface area (Å²) in [5, 5.41) is 10.3. The highest BCUT2D eigenvalue weighted by molar-refractivity contribution is 5.97. The predicted molar refractivity (Wildman–Crippen MR) is 77.9 cm³/mol. The molecule has 7 nitrogen and oxygen atoms in total. The van der Waals surface area contributed by atoms with Gasteiger partial charge in [0, 0.05) is 6.20 Å². The average Bonchev–Trinajstić information content (AvgIpc) is 2.84. The summed E-state index contributed by atoms with van der Waals surface area (Å²) < 4.78 is 37.5. The zero-order valence-corrected chi connectivity index (χ0v) is 13.3. The summed E-state index contributed by atoms with van der Waals surface area (Å²) in [5.74, 6) is -0.756. The fourth-order valence-electron chi connectivity index (χ4n) is 1.52. The highest BCUT2D eigenvalue weighted by Gasteiger charge is 2.28. The lowest BCUT2D eigenvalue weighted by Crippen LogP contribution is -2.47. The highest BCUT2D eigenvalue weighted by Crippen LogP contribution is 2.16. The molecular formula is C13H20F3N5O2. The quantitative estimate of drug-likeness (QED) is 0.783. The number of alkyl halides is 3. The summed E-state index contributed by atoms with van der Waals surface area (Å²) in [5.41, 5.74) is 0.321. The molecule has 0 saturated carbocycles. The van der Waals surface area contributed by atoms with Gasteiger partial charge in [-0.25, -0.2) is 4.79 Å². The summed E-state index contributed by atoms with van der Waals surface area (Å²) in [6.45, 7) is 5.81. The number of aromatic nitrogens is 2. The van der Waals surface area contributed by atoms with E-state index in [0.717, 1.165) is 0 Å². The maximum Gasteiger partial charge on any atom is 0.405 e. The number of halogens is 3. The number of nitrogens with one attached hydrogen (secondary N) is 3. The molecule has 0 spiro atoms. The fourth-order valence-corrected chi connectivity index (χ4v) is 1.52. The van der Waals surface area contributed by atoms with Crippen LogP contribution in [0, 0.1) is 0 Å². The molecule has 0 aliphatic rings. The van der Waals surface area contributed by atoms with E-state index in [1.165, 1.54) is 13.1 Å². The molecule has 3 N–H and O–H groups in total. The molecule has 0 aliphatic heterocycles. The van der Waals surface area contributed by atoms with Gasteiger partial charge in [0.15, 0.2) is 0 Å². The van der Waals surface area contributed by atoms with Crippen molar-refractivity contribution in [2.45, 2.75) is 45.5 Å². The van der Waals surface area contributed by atoms with Crippen LogP contribution in [0.5, 0.6) is 0 Å². The van der Waals surface area contributed by atoms with E-state index in [-0.39, 0.29) is 5.54 Å². The monoisotopic (exact) mass is 335 g/mol. The molecule has 0 unspecified atom stereocenters. The van der Waals surface area contributed by atoms with Crippen molar-refractivity contribution in [3.63, 3.8) is 0 Å². The number of anilines is 1. The van der Waals surface area contributed by atoms with Gasteiger partial charge in [-0.3, -0.25) is 14.8 Å². The molecule has 0 aliphatic carbocycles. The number of hydrogen-bond donors (Lipinski definition) is 3. The molecule has 0 radical (unpaired) electrons. The lowest BCUT2D eigenvalue weighted by atomic mass is 10.1. The number of hydrogen-bond acceptors (Lipinski definition) is 4. The lowest BCUT2D eigenvalue weighted by molar-refractivity contribution is -0.124. The van der Waals surface area contributed by atoms with E-state index in [1.807, 2.05) is 26.1 Å². The number of carbonyl (C=O) groups is 2. The lowest BCUT2D eigenvalue weighted by Gasteiger charge is -2.19. The van der Waals surface area contributed by atoms with Crippen molar-refractivity contribution in [1.82, 2.24) is 20.4 Å². The Bertz CT molecular complexity index is 563. The van der Waals surface area contributed by atoms with E-state index in [0.29, 0.717) is 5.69 Å². The topological polar surface area (TPSA) is 88.1 Å². The van der Waals surface area contributed by atoms with Crippen molar-refractivity contribution < 1.29 is 22.8 Å². The van der Waals surface area contributed by atoms with Gasteiger partial charge in [0.25, 0.3) is 0 Å². The molecule has 130 valence electrons. The first-order valence-electron chi connectivity index (χ1n) is 6.85. The SMILES string of the molecule is C[C@H](Nc1cnn(C(C)(C)C)c1)C(=O)NC(=O)NCC(F)(F)F. The third-order valence-corrected chi connectivity index (χ3v) is 2.73. The largest absolute Gasteiger partial charge is 0.405 e. The van der Waals surface area contributed by atoms with Crippen LogP contribution in [-0.4, -0.2) is 40.5 Å². The van der Waals surface area contributed by atoms with Crippen LogP contribution in [0.3, 0.4) is 0 Å². The Morgan fingerprint density at radius 2 is 1.91 bits per heavy atom. The maximum absolute atomic E-state index is 11.9. The van der Waals surface area contributed by atoms with Crippen LogP contribution < -0.4 is 16.0 Å². The van der Waals surface area contributed by atoms with Gasteiger partial charge < -0.3 is 10.6 Å². The molecule has 1 aromatic rings. The van der Waals surface area contributed by atoms with E-state index in [9.17, 15) is 22.8 Å². The molecular weight excluding hydrogens is 315 g/mol. The molecule has 1 atom stereocenters.